The normalized spacial score (nSPS) is 15.3. The lowest BCUT2D eigenvalue weighted by Crippen LogP contribution is -2.35. The Hall–Kier alpha value is -2.60. The SMILES string of the molecule is CCc1[nH]c(C(=O)N2CCCN(Cc3ccccc3)CC2)c(C)c1C(=O)OC. The first-order valence-corrected chi connectivity index (χ1v) is 9.90. The third kappa shape index (κ3) is 4.28. The Balaban J connectivity index is 1.71. The molecule has 1 aromatic carbocycles. The van der Waals surface area contributed by atoms with Crippen molar-refractivity contribution in [2.24, 2.45) is 0 Å². The van der Waals surface area contributed by atoms with Crippen molar-refractivity contribution in [1.29, 1.82) is 0 Å². The first kappa shape index (κ1) is 20.1. The number of hydrogen-bond acceptors (Lipinski definition) is 4. The number of aryl methyl sites for hydroxylation is 1. The fraction of sp³-hybridized carbons (Fsp3) is 0.455. The summed E-state index contributed by atoms with van der Waals surface area (Å²) in [5, 5.41) is 0. The third-order valence-electron chi connectivity index (χ3n) is 5.41. The van der Waals surface area contributed by atoms with Crippen LogP contribution in [0.4, 0.5) is 0 Å². The Morgan fingerprint density at radius 3 is 2.54 bits per heavy atom. The molecule has 1 aliphatic rings. The molecule has 6 heteroatoms. The van der Waals surface area contributed by atoms with Gasteiger partial charge in [0.15, 0.2) is 0 Å². The maximum absolute atomic E-state index is 13.2. The van der Waals surface area contributed by atoms with Crippen molar-refractivity contribution >= 4 is 11.9 Å². The zero-order valence-electron chi connectivity index (χ0n) is 17.0. The minimum absolute atomic E-state index is 0.0380. The van der Waals surface area contributed by atoms with Crippen LogP contribution in [0.5, 0.6) is 0 Å². The number of benzene rings is 1. The summed E-state index contributed by atoms with van der Waals surface area (Å²) in [5.41, 5.74) is 3.73. The second kappa shape index (κ2) is 9.06. The smallest absolute Gasteiger partial charge is 0.339 e. The number of H-pyrrole nitrogens is 1. The number of carbonyl (C=O) groups excluding carboxylic acids is 2. The predicted molar refractivity (Wildman–Crippen MR) is 108 cm³/mol. The number of carbonyl (C=O) groups is 2. The first-order chi connectivity index (χ1) is 13.5. The van der Waals surface area contributed by atoms with Gasteiger partial charge in [-0.1, -0.05) is 37.3 Å². The molecule has 1 amide bonds. The van der Waals surface area contributed by atoms with E-state index in [1.807, 2.05) is 24.8 Å². The highest BCUT2D eigenvalue weighted by Crippen LogP contribution is 2.22. The minimum atomic E-state index is -0.394. The van der Waals surface area contributed by atoms with Crippen LogP contribution in [0.1, 0.15) is 51.0 Å². The maximum atomic E-state index is 13.2. The Labute approximate surface area is 166 Å². The minimum Gasteiger partial charge on any atom is -0.465 e. The van der Waals surface area contributed by atoms with Gasteiger partial charge in [0, 0.05) is 38.4 Å². The van der Waals surface area contributed by atoms with Gasteiger partial charge < -0.3 is 14.6 Å². The van der Waals surface area contributed by atoms with Crippen molar-refractivity contribution in [2.45, 2.75) is 33.2 Å². The van der Waals surface area contributed by atoms with Crippen LogP contribution in [-0.4, -0.2) is 59.9 Å². The lowest BCUT2D eigenvalue weighted by atomic mass is 10.1. The van der Waals surface area contributed by atoms with Gasteiger partial charge in [0.25, 0.3) is 5.91 Å². The summed E-state index contributed by atoms with van der Waals surface area (Å²) in [4.78, 5) is 32.7. The molecule has 3 rings (SSSR count). The van der Waals surface area contributed by atoms with Gasteiger partial charge in [0.05, 0.1) is 12.7 Å². The number of esters is 1. The maximum Gasteiger partial charge on any atom is 0.339 e. The van der Waals surface area contributed by atoms with E-state index in [1.54, 1.807) is 0 Å². The molecule has 0 bridgehead atoms. The van der Waals surface area contributed by atoms with E-state index in [4.69, 9.17) is 4.74 Å². The van der Waals surface area contributed by atoms with Crippen molar-refractivity contribution in [3.8, 4) is 0 Å². The lowest BCUT2D eigenvalue weighted by Gasteiger charge is -2.22. The Kier molecular flexibility index (Phi) is 6.52. The van der Waals surface area contributed by atoms with Crippen LogP contribution >= 0.6 is 0 Å². The van der Waals surface area contributed by atoms with Gasteiger partial charge in [0.1, 0.15) is 5.69 Å². The van der Waals surface area contributed by atoms with Crippen LogP contribution in [0.15, 0.2) is 30.3 Å². The van der Waals surface area contributed by atoms with Gasteiger partial charge in [-0.3, -0.25) is 9.69 Å². The molecule has 2 aromatic rings. The number of hydrogen-bond donors (Lipinski definition) is 1. The van der Waals surface area contributed by atoms with Gasteiger partial charge in [-0.15, -0.1) is 0 Å². The second-order valence-corrected chi connectivity index (χ2v) is 7.23. The van der Waals surface area contributed by atoms with Gasteiger partial charge in [-0.05, 0) is 30.9 Å². The zero-order valence-corrected chi connectivity index (χ0v) is 17.0. The van der Waals surface area contributed by atoms with Crippen molar-refractivity contribution in [3.63, 3.8) is 0 Å². The van der Waals surface area contributed by atoms with Crippen LogP contribution in [0.2, 0.25) is 0 Å². The van der Waals surface area contributed by atoms with Crippen molar-refractivity contribution in [1.82, 2.24) is 14.8 Å². The average Bonchev–Trinajstić information content (AvgIpc) is 2.88. The third-order valence-corrected chi connectivity index (χ3v) is 5.41. The molecular weight excluding hydrogens is 354 g/mol. The highest BCUT2D eigenvalue weighted by molar-refractivity contribution is 6.00. The summed E-state index contributed by atoms with van der Waals surface area (Å²) in [6.07, 6.45) is 1.58. The number of nitrogens with one attached hydrogen (secondary N) is 1. The topological polar surface area (TPSA) is 65.6 Å². The molecule has 1 saturated heterocycles. The molecule has 0 saturated carbocycles. The lowest BCUT2D eigenvalue weighted by molar-refractivity contribution is 0.0599. The summed E-state index contributed by atoms with van der Waals surface area (Å²) < 4.78 is 4.90. The average molecular weight is 383 g/mol. The summed E-state index contributed by atoms with van der Waals surface area (Å²) in [7, 11) is 1.37. The molecule has 6 nitrogen and oxygen atoms in total. The summed E-state index contributed by atoms with van der Waals surface area (Å²) >= 11 is 0. The van der Waals surface area contributed by atoms with Gasteiger partial charge in [-0.25, -0.2) is 4.79 Å². The summed E-state index contributed by atoms with van der Waals surface area (Å²) in [6.45, 7) is 7.88. The predicted octanol–water partition coefficient (Wildman–Crippen LogP) is 3.02. The van der Waals surface area contributed by atoms with E-state index in [-0.39, 0.29) is 5.91 Å². The molecule has 150 valence electrons. The van der Waals surface area contributed by atoms with Crippen molar-refractivity contribution in [2.75, 3.05) is 33.3 Å². The Morgan fingerprint density at radius 2 is 1.86 bits per heavy atom. The van der Waals surface area contributed by atoms with Crippen LogP contribution in [0.3, 0.4) is 0 Å². The molecule has 1 aliphatic heterocycles. The van der Waals surface area contributed by atoms with Gasteiger partial charge >= 0.3 is 5.97 Å². The number of amides is 1. The summed E-state index contributed by atoms with van der Waals surface area (Å²) in [5.74, 6) is -0.432. The molecule has 2 heterocycles. The van der Waals surface area contributed by atoms with Gasteiger partial charge in [0.2, 0.25) is 0 Å². The molecule has 1 fully saturated rings. The van der Waals surface area contributed by atoms with Crippen molar-refractivity contribution < 1.29 is 14.3 Å². The molecule has 1 aromatic heterocycles. The van der Waals surface area contributed by atoms with E-state index in [0.29, 0.717) is 29.8 Å². The number of ether oxygens (including phenoxy) is 1. The number of nitrogens with zero attached hydrogens (tertiary/aromatic N) is 2. The Bertz CT molecular complexity index is 829. The van der Waals surface area contributed by atoms with Crippen molar-refractivity contribution in [3.05, 3.63) is 58.4 Å². The second-order valence-electron chi connectivity index (χ2n) is 7.23. The van der Waals surface area contributed by atoms with E-state index in [0.717, 1.165) is 38.3 Å². The van der Waals surface area contributed by atoms with Crippen LogP contribution in [-0.2, 0) is 17.7 Å². The van der Waals surface area contributed by atoms with Crippen LogP contribution in [0.25, 0.3) is 0 Å². The molecular formula is C22H29N3O3. The van der Waals surface area contributed by atoms with Crippen LogP contribution < -0.4 is 0 Å². The largest absolute Gasteiger partial charge is 0.465 e. The quantitative estimate of drug-likeness (QED) is 0.806. The van der Waals surface area contributed by atoms with E-state index in [9.17, 15) is 9.59 Å². The zero-order chi connectivity index (χ0) is 20.1. The molecule has 1 N–H and O–H groups in total. The molecule has 0 aliphatic carbocycles. The summed E-state index contributed by atoms with van der Waals surface area (Å²) in [6, 6.07) is 10.4. The number of methoxy groups -OCH3 is 1. The molecule has 0 unspecified atom stereocenters. The van der Waals surface area contributed by atoms with Crippen LogP contribution in [0, 0.1) is 6.92 Å². The molecule has 0 atom stereocenters. The number of aromatic amines is 1. The fourth-order valence-corrected chi connectivity index (χ4v) is 3.85. The van der Waals surface area contributed by atoms with Gasteiger partial charge in [-0.2, -0.15) is 0 Å². The van der Waals surface area contributed by atoms with E-state index < -0.39 is 5.97 Å². The number of aromatic nitrogens is 1. The first-order valence-electron chi connectivity index (χ1n) is 9.90. The monoisotopic (exact) mass is 383 g/mol. The molecule has 28 heavy (non-hydrogen) atoms. The number of rotatable bonds is 5. The van der Waals surface area contributed by atoms with E-state index >= 15 is 0 Å². The van der Waals surface area contributed by atoms with E-state index in [2.05, 4.69) is 34.1 Å². The molecule has 0 radical (unpaired) electrons. The molecule has 0 spiro atoms. The standard InChI is InChI=1S/C22H29N3O3/c1-4-18-19(22(27)28-3)16(2)20(23-18)21(26)25-12-8-11-24(13-14-25)15-17-9-6-5-7-10-17/h5-7,9-10,23H,4,8,11-15H2,1-3H3. The highest BCUT2D eigenvalue weighted by Gasteiger charge is 2.27. The van der Waals surface area contributed by atoms with E-state index in [1.165, 1.54) is 12.7 Å². The Morgan fingerprint density at radius 1 is 1.11 bits per heavy atom. The fourth-order valence-electron chi connectivity index (χ4n) is 3.85. The highest BCUT2D eigenvalue weighted by atomic mass is 16.5.